The Morgan fingerprint density at radius 2 is 2.25 bits per heavy atom. The van der Waals surface area contributed by atoms with E-state index in [-0.39, 0.29) is 12.1 Å². The van der Waals surface area contributed by atoms with E-state index in [4.69, 9.17) is 15.2 Å². The molecule has 2 rings (SSSR count). The Bertz CT molecular complexity index is 452. The molecule has 1 aromatic heterocycles. The van der Waals surface area contributed by atoms with E-state index in [0.717, 1.165) is 19.3 Å². The second-order valence-electron chi connectivity index (χ2n) is 5.76. The molecule has 0 spiro atoms. The van der Waals surface area contributed by atoms with Gasteiger partial charge in [-0.3, -0.25) is 0 Å². The summed E-state index contributed by atoms with van der Waals surface area (Å²) >= 11 is 0. The van der Waals surface area contributed by atoms with Crippen molar-refractivity contribution >= 4 is 5.97 Å². The van der Waals surface area contributed by atoms with E-state index in [2.05, 4.69) is 23.8 Å². The van der Waals surface area contributed by atoms with Gasteiger partial charge in [-0.25, -0.2) is 9.78 Å². The van der Waals surface area contributed by atoms with Crippen LogP contribution in [0.4, 0.5) is 0 Å². The number of hydrogen-bond acceptors (Lipinski definition) is 5. The number of ether oxygens (including phenoxy) is 2. The minimum atomic E-state index is -0.417. The van der Waals surface area contributed by atoms with Crippen molar-refractivity contribution in [2.45, 2.75) is 38.6 Å². The number of nitrogens with two attached hydrogens (primary N) is 1. The van der Waals surface area contributed by atoms with Gasteiger partial charge in [-0.1, -0.05) is 13.8 Å². The van der Waals surface area contributed by atoms with Crippen LogP contribution in [0.15, 0.2) is 6.20 Å². The topological polar surface area (TPSA) is 90.2 Å². The first-order valence-corrected chi connectivity index (χ1v) is 7.10. The molecular formula is C14H23N3O3. The van der Waals surface area contributed by atoms with Crippen LogP contribution in [-0.4, -0.2) is 35.8 Å². The van der Waals surface area contributed by atoms with Crippen LogP contribution < -0.4 is 5.73 Å². The fraction of sp³-hybridized carbons (Fsp3) is 0.714. The lowest BCUT2D eigenvalue weighted by Crippen LogP contribution is -2.44. The quantitative estimate of drug-likeness (QED) is 0.585. The standard InChI is InChI=1S/C14H23N3O3/c1-10(2)9-19-6-7-20-12(18)11-8-16-13(17-11)14(15)4-3-5-14/h8,10H,3-7,9,15H2,1-2H3,(H,16,17). The van der Waals surface area contributed by atoms with Crippen LogP contribution in [0.25, 0.3) is 0 Å². The molecule has 1 aliphatic rings. The Kier molecular flexibility index (Phi) is 4.77. The maximum atomic E-state index is 11.8. The number of rotatable bonds is 7. The van der Waals surface area contributed by atoms with Gasteiger partial charge >= 0.3 is 5.97 Å². The summed E-state index contributed by atoms with van der Waals surface area (Å²) < 4.78 is 10.5. The molecule has 1 aliphatic carbocycles. The fourth-order valence-corrected chi connectivity index (χ4v) is 2.06. The lowest BCUT2D eigenvalue weighted by molar-refractivity contribution is 0.0272. The average molecular weight is 281 g/mol. The summed E-state index contributed by atoms with van der Waals surface area (Å²) in [5.74, 6) is 0.732. The number of aromatic nitrogens is 2. The molecule has 3 N–H and O–H groups in total. The van der Waals surface area contributed by atoms with Crippen molar-refractivity contribution < 1.29 is 14.3 Å². The van der Waals surface area contributed by atoms with E-state index in [9.17, 15) is 4.79 Å². The molecule has 1 aromatic rings. The molecule has 20 heavy (non-hydrogen) atoms. The maximum Gasteiger partial charge on any atom is 0.356 e. The van der Waals surface area contributed by atoms with Crippen molar-refractivity contribution in [2.24, 2.45) is 11.7 Å². The number of aromatic amines is 1. The van der Waals surface area contributed by atoms with E-state index in [1.807, 2.05) is 0 Å². The minimum Gasteiger partial charge on any atom is -0.459 e. The van der Waals surface area contributed by atoms with Gasteiger partial charge in [0, 0.05) is 6.61 Å². The monoisotopic (exact) mass is 281 g/mol. The van der Waals surface area contributed by atoms with Crippen molar-refractivity contribution in [3.8, 4) is 0 Å². The number of carbonyl (C=O) groups is 1. The van der Waals surface area contributed by atoms with Gasteiger partial charge in [0.2, 0.25) is 0 Å². The van der Waals surface area contributed by atoms with Crippen LogP contribution in [0.1, 0.15) is 49.4 Å². The zero-order valence-electron chi connectivity index (χ0n) is 12.1. The van der Waals surface area contributed by atoms with Gasteiger partial charge < -0.3 is 20.2 Å². The first kappa shape index (κ1) is 15.0. The maximum absolute atomic E-state index is 11.8. The third-order valence-corrected chi connectivity index (χ3v) is 3.43. The van der Waals surface area contributed by atoms with Gasteiger partial charge in [0.25, 0.3) is 0 Å². The Labute approximate surface area is 119 Å². The van der Waals surface area contributed by atoms with Crippen LogP contribution in [-0.2, 0) is 15.0 Å². The molecule has 0 saturated heterocycles. The number of nitrogens with zero attached hydrogens (tertiary/aromatic N) is 1. The van der Waals surface area contributed by atoms with Gasteiger partial charge in [-0.15, -0.1) is 0 Å². The van der Waals surface area contributed by atoms with Gasteiger partial charge in [0.15, 0.2) is 0 Å². The van der Waals surface area contributed by atoms with Crippen molar-refractivity contribution in [1.82, 2.24) is 9.97 Å². The second kappa shape index (κ2) is 6.37. The molecule has 0 bridgehead atoms. The van der Waals surface area contributed by atoms with Crippen LogP contribution in [0, 0.1) is 5.92 Å². The van der Waals surface area contributed by atoms with E-state index in [1.54, 1.807) is 0 Å². The summed E-state index contributed by atoms with van der Waals surface area (Å²) in [4.78, 5) is 18.9. The molecule has 0 atom stereocenters. The molecule has 0 radical (unpaired) electrons. The van der Waals surface area contributed by atoms with Gasteiger partial charge in [-0.05, 0) is 25.2 Å². The van der Waals surface area contributed by atoms with E-state index < -0.39 is 5.97 Å². The van der Waals surface area contributed by atoms with Gasteiger partial charge in [0.1, 0.15) is 18.1 Å². The summed E-state index contributed by atoms with van der Waals surface area (Å²) in [6.07, 6.45) is 4.39. The summed E-state index contributed by atoms with van der Waals surface area (Å²) in [5.41, 5.74) is 6.10. The van der Waals surface area contributed by atoms with E-state index in [0.29, 0.717) is 30.7 Å². The molecule has 1 fully saturated rings. The SMILES string of the molecule is CC(C)COCCOC(=O)c1cnc(C2(N)CCC2)[nH]1. The lowest BCUT2D eigenvalue weighted by Gasteiger charge is -2.35. The highest BCUT2D eigenvalue weighted by Crippen LogP contribution is 2.36. The normalized spacial score (nSPS) is 17.0. The van der Waals surface area contributed by atoms with Crippen molar-refractivity contribution in [1.29, 1.82) is 0 Å². The first-order chi connectivity index (χ1) is 9.51. The Morgan fingerprint density at radius 1 is 1.50 bits per heavy atom. The van der Waals surface area contributed by atoms with Crippen molar-refractivity contribution in [3.05, 3.63) is 17.7 Å². The zero-order valence-corrected chi connectivity index (χ0v) is 12.1. The summed E-state index contributed by atoms with van der Waals surface area (Å²) in [7, 11) is 0. The predicted molar refractivity (Wildman–Crippen MR) is 74.2 cm³/mol. The molecule has 0 aliphatic heterocycles. The van der Waals surface area contributed by atoms with Crippen LogP contribution in [0.2, 0.25) is 0 Å². The number of carbonyl (C=O) groups excluding carboxylic acids is 1. The highest BCUT2D eigenvalue weighted by atomic mass is 16.6. The molecule has 112 valence electrons. The molecule has 6 heteroatoms. The van der Waals surface area contributed by atoms with E-state index >= 15 is 0 Å². The number of imidazole rings is 1. The third-order valence-electron chi connectivity index (χ3n) is 3.43. The highest BCUT2D eigenvalue weighted by Gasteiger charge is 2.37. The van der Waals surface area contributed by atoms with Gasteiger partial charge in [0.05, 0.1) is 18.3 Å². The Hall–Kier alpha value is -1.40. The molecule has 0 amide bonds. The van der Waals surface area contributed by atoms with Gasteiger partial charge in [-0.2, -0.15) is 0 Å². The number of nitrogens with one attached hydrogen (secondary N) is 1. The molecule has 6 nitrogen and oxygen atoms in total. The van der Waals surface area contributed by atoms with Crippen molar-refractivity contribution in [2.75, 3.05) is 19.8 Å². The summed E-state index contributed by atoms with van der Waals surface area (Å²) in [6.45, 7) is 5.46. The molecule has 0 unspecified atom stereocenters. The number of esters is 1. The predicted octanol–water partition coefficient (Wildman–Crippen LogP) is 1.58. The number of H-pyrrole nitrogens is 1. The summed E-state index contributed by atoms with van der Waals surface area (Å²) in [5, 5.41) is 0. The minimum absolute atomic E-state index is 0.244. The molecular weight excluding hydrogens is 258 g/mol. The van der Waals surface area contributed by atoms with Crippen molar-refractivity contribution in [3.63, 3.8) is 0 Å². The zero-order chi connectivity index (χ0) is 14.6. The Balaban J connectivity index is 1.75. The average Bonchev–Trinajstić information content (AvgIpc) is 2.84. The fourth-order valence-electron chi connectivity index (χ4n) is 2.06. The molecule has 0 aromatic carbocycles. The third kappa shape index (κ3) is 3.58. The Morgan fingerprint density at radius 3 is 2.85 bits per heavy atom. The second-order valence-corrected chi connectivity index (χ2v) is 5.76. The van der Waals surface area contributed by atoms with E-state index in [1.165, 1.54) is 6.20 Å². The van der Waals surface area contributed by atoms with Crippen LogP contribution >= 0.6 is 0 Å². The molecule has 1 saturated carbocycles. The number of hydrogen-bond donors (Lipinski definition) is 2. The molecule has 1 heterocycles. The highest BCUT2D eigenvalue weighted by molar-refractivity contribution is 5.87. The lowest BCUT2D eigenvalue weighted by atomic mass is 9.77. The first-order valence-electron chi connectivity index (χ1n) is 7.10. The smallest absolute Gasteiger partial charge is 0.356 e. The van der Waals surface area contributed by atoms with Crippen LogP contribution in [0.3, 0.4) is 0 Å². The van der Waals surface area contributed by atoms with Crippen LogP contribution in [0.5, 0.6) is 0 Å². The largest absolute Gasteiger partial charge is 0.459 e. The summed E-state index contributed by atoms with van der Waals surface area (Å²) in [6, 6.07) is 0.